The summed E-state index contributed by atoms with van der Waals surface area (Å²) in [6.07, 6.45) is 1.26. The number of aliphatic hydroxyl groups excluding tert-OH is 1. The van der Waals surface area contributed by atoms with E-state index < -0.39 is 41.0 Å². The summed E-state index contributed by atoms with van der Waals surface area (Å²) in [5.74, 6) is -1.57. The van der Waals surface area contributed by atoms with Crippen molar-refractivity contribution in [3.8, 4) is 11.5 Å². The summed E-state index contributed by atoms with van der Waals surface area (Å²) < 4.78 is 17.5. The molecule has 2 bridgehead atoms. The van der Waals surface area contributed by atoms with Gasteiger partial charge < -0.3 is 34.9 Å². The van der Waals surface area contributed by atoms with E-state index in [0.717, 1.165) is 5.56 Å². The van der Waals surface area contributed by atoms with Crippen LogP contribution < -0.4 is 20.1 Å². The lowest BCUT2D eigenvalue weighted by Crippen LogP contribution is -2.57. The van der Waals surface area contributed by atoms with Gasteiger partial charge >= 0.3 is 0 Å². The first-order chi connectivity index (χ1) is 21.7. The van der Waals surface area contributed by atoms with Gasteiger partial charge in [-0.2, -0.15) is 0 Å². The fraction of sp³-hybridized carbons (Fsp3) is 0.400. The van der Waals surface area contributed by atoms with Gasteiger partial charge in [0, 0.05) is 11.4 Å². The number of fused-ring (bicyclic) bond motifs is 1. The number of amides is 3. The van der Waals surface area contributed by atoms with Crippen LogP contribution in [0.4, 0.5) is 11.4 Å². The molecule has 6 rings (SSSR count). The van der Waals surface area contributed by atoms with Crippen molar-refractivity contribution in [2.45, 2.75) is 56.4 Å². The normalized spacial score (nSPS) is 27.2. The second kappa shape index (κ2) is 12.2. The summed E-state index contributed by atoms with van der Waals surface area (Å²) in [7, 11) is 1.56. The standard InChI is InChI=1S/C35H39N3O7/c1-4-44-27-16-12-23(13-17-27)36-31(40)28-29-33(42)38(25(21-39)20-22-8-6-5-7-9-22)30(35(29)19-18-34(28,2)45-35)32(41)37-24-10-14-26(43-3)15-11-24/h5-17,25,28-30,39H,4,18-21H2,1-3H3,(H,36,40)(H,37,41)/t25-,28-,29+,30?,34+,35?/m1/s1. The lowest BCUT2D eigenvalue weighted by atomic mass is 9.66. The molecule has 3 aromatic rings. The minimum absolute atomic E-state index is 0.332. The molecule has 6 atom stereocenters. The SMILES string of the molecule is CCOc1ccc(NC(=O)[C@H]2[C@H]3C(=O)N([C@@H](CO)Cc4ccccc4)C(C(=O)Nc4ccc(OC)cc4)C34CC[C@]2(C)O4)cc1. The van der Waals surface area contributed by atoms with Crippen LogP contribution in [-0.2, 0) is 25.5 Å². The van der Waals surface area contributed by atoms with Crippen molar-refractivity contribution in [3.63, 3.8) is 0 Å². The van der Waals surface area contributed by atoms with Gasteiger partial charge in [-0.15, -0.1) is 0 Å². The van der Waals surface area contributed by atoms with Crippen molar-refractivity contribution in [2.75, 3.05) is 31.0 Å². The van der Waals surface area contributed by atoms with E-state index in [4.69, 9.17) is 14.2 Å². The van der Waals surface area contributed by atoms with Gasteiger partial charge in [-0.25, -0.2) is 0 Å². The Balaban J connectivity index is 1.35. The zero-order valence-corrected chi connectivity index (χ0v) is 25.7. The highest BCUT2D eigenvalue weighted by Crippen LogP contribution is 2.63. The van der Waals surface area contributed by atoms with Crippen LogP contribution in [0.2, 0.25) is 0 Å². The average Bonchev–Trinajstić information content (AvgIpc) is 3.62. The smallest absolute Gasteiger partial charge is 0.250 e. The summed E-state index contributed by atoms with van der Waals surface area (Å²) in [5.41, 5.74) is -0.185. The molecule has 3 aliphatic rings. The zero-order valence-electron chi connectivity index (χ0n) is 25.7. The number of hydrogen-bond donors (Lipinski definition) is 3. The van der Waals surface area contributed by atoms with Gasteiger partial charge in [0.15, 0.2) is 0 Å². The Morgan fingerprint density at radius 3 is 2.18 bits per heavy atom. The Labute approximate surface area is 262 Å². The number of carbonyl (C=O) groups is 3. The number of methoxy groups -OCH3 is 1. The number of aliphatic hydroxyl groups is 1. The van der Waals surface area contributed by atoms with E-state index in [-0.39, 0.29) is 18.4 Å². The molecule has 3 fully saturated rings. The molecule has 3 saturated heterocycles. The molecule has 0 radical (unpaired) electrons. The van der Waals surface area contributed by atoms with Crippen LogP contribution in [0.3, 0.4) is 0 Å². The molecule has 0 saturated carbocycles. The first kappa shape index (κ1) is 30.6. The predicted octanol–water partition coefficient (Wildman–Crippen LogP) is 4.04. The molecule has 236 valence electrons. The second-order valence-electron chi connectivity index (χ2n) is 12.2. The quantitative estimate of drug-likeness (QED) is 0.298. The summed E-state index contributed by atoms with van der Waals surface area (Å²) in [6, 6.07) is 21.7. The van der Waals surface area contributed by atoms with Crippen LogP contribution in [0.25, 0.3) is 0 Å². The molecule has 3 aromatic carbocycles. The van der Waals surface area contributed by atoms with E-state index in [2.05, 4.69) is 10.6 Å². The number of likely N-dealkylation sites (tertiary alicyclic amines) is 1. The Kier molecular flexibility index (Phi) is 8.28. The first-order valence-corrected chi connectivity index (χ1v) is 15.4. The van der Waals surface area contributed by atoms with E-state index >= 15 is 0 Å². The van der Waals surface area contributed by atoms with Crippen LogP contribution in [0.15, 0.2) is 78.9 Å². The number of anilines is 2. The van der Waals surface area contributed by atoms with E-state index in [0.29, 0.717) is 48.7 Å². The molecule has 10 heteroatoms. The number of nitrogens with one attached hydrogen (secondary N) is 2. The van der Waals surface area contributed by atoms with E-state index in [1.54, 1.807) is 55.6 Å². The third kappa shape index (κ3) is 5.42. The number of benzene rings is 3. The third-order valence-electron chi connectivity index (χ3n) is 9.45. The maximum absolute atomic E-state index is 14.6. The van der Waals surface area contributed by atoms with Crippen LogP contribution in [0.5, 0.6) is 11.5 Å². The topological polar surface area (TPSA) is 126 Å². The molecule has 3 amide bonds. The molecule has 2 unspecified atom stereocenters. The maximum Gasteiger partial charge on any atom is 0.250 e. The number of nitrogens with zero attached hydrogens (tertiary/aromatic N) is 1. The molecule has 45 heavy (non-hydrogen) atoms. The van der Waals surface area contributed by atoms with Gasteiger partial charge in [-0.1, -0.05) is 30.3 Å². The van der Waals surface area contributed by atoms with Gasteiger partial charge in [-0.05, 0) is 87.2 Å². The van der Waals surface area contributed by atoms with Crippen LogP contribution in [0, 0.1) is 11.8 Å². The molecule has 1 spiro atoms. The van der Waals surface area contributed by atoms with Crippen molar-refractivity contribution in [3.05, 3.63) is 84.4 Å². The molecular formula is C35H39N3O7. The number of carbonyl (C=O) groups excluding carboxylic acids is 3. The number of rotatable bonds is 11. The van der Waals surface area contributed by atoms with E-state index in [9.17, 15) is 19.5 Å². The molecule has 3 heterocycles. The lowest BCUT2D eigenvalue weighted by molar-refractivity contribution is -0.146. The van der Waals surface area contributed by atoms with Crippen molar-refractivity contribution in [2.24, 2.45) is 11.8 Å². The lowest BCUT2D eigenvalue weighted by Gasteiger charge is -2.37. The Hall–Kier alpha value is -4.41. The van der Waals surface area contributed by atoms with E-state index in [1.807, 2.05) is 44.2 Å². The van der Waals surface area contributed by atoms with Gasteiger partial charge in [0.2, 0.25) is 17.7 Å². The minimum Gasteiger partial charge on any atom is -0.497 e. The maximum atomic E-state index is 14.6. The summed E-state index contributed by atoms with van der Waals surface area (Å²) in [4.78, 5) is 44.4. The van der Waals surface area contributed by atoms with Crippen molar-refractivity contribution >= 4 is 29.1 Å². The molecule has 0 aliphatic carbocycles. The summed E-state index contributed by atoms with van der Waals surface area (Å²) >= 11 is 0. The Bertz CT molecular complexity index is 1550. The fourth-order valence-corrected chi connectivity index (χ4v) is 7.50. The number of hydrogen-bond acceptors (Lipinski definition) is 7. The van der Waals surface area contributed by atoms with Crippen LogP contribution in [-0.4, -0.2) is 71.3 Å². The van der Waals surface area contributed by atoms with E-state index in [1.165, 1.54) is 4.90 Å². The largest absolute Gasteiger partial charge is 0.497 e. The second-order valence-corrected chi connectivity index (χ2v) is 12.2. The Morgan fingerprint density at radius 1 is 0.956 bits per heavy atom. The predicted molar refractivity (Wildman–Crippen MR) is 168 cm³/mol. The molecule has 0 aromatic heterocycles. The third-order valence-corrected chi connectivity index (χ3v) is 9.45. The Morgan fingerprint density at radius 2 is 1.58 bits per heavy atom. The minimum atomic E-state index is -1.24. The van der Waals surface area contributed by atoms with Crippen molar-refractivity contribution < 1.29 is 33.7 Å². The molecule has 3 N–H and O–H groups in total. The van der Waals surface area contributed by atoms with Crippen molar-refractivity contribution in [1.29, 1.82) is 0 Å². The highest BCUT2D eigenvalue weighted by atomic mass is 16.5. The summed E-state index contributed by atoms with van der Waals surface area (Å²) in [6.45, 7) is 3.91. The molecular weight excluding hydrogens is 574 g/mol. The van der Waals surface area contributed by atoms with Crippen molar-refractivity contribution in [1.82, 2.24) is 4.90 Å². The van der Waals surface area contributed by atoms with Gasteiger partial charge in [0.25, 0.3) is 0 Å². The fourth-order valence-electron chi connectivity index (χ4n) is 7.50. The van der Waals surface area contributed by atoms with Crippen LogP contribution >= 0.6 is 0 Å². The zero-order chi connectivity index (χ0) is 31.8. The van der Waals surface area contributed by atoms with Gasteiger partial charge in [-0.3, -0.25) is 14.4 Å². The van der Waals surface area contributed by atoms with Gasteiger partial charge in [0.1, 0.15) is 23.1 Å². The first-order valence-electron chi connectivity index (χ1n) is 15.4. The monoisotopic (exact) mass is 613 g/mol. The average molecular weight is 614 g/mol. The summed E-state index contributed by atoms with van der Waals surface area (Å²) in [5, 5.41) is 16.6. The van der Waals surface area contributed by atoms with Crippen LogP contribution in [0.1, 0.15) is 32.3 Å². The van der Waals surface area contributed by atoms with Gasteiger partial charge in [0.05, 0.1) is 43.8 Å². The molecule has 10 nitrogen and oxygen atoms in total. The highest BCUT2D eigenvalue weighted by Gasteiger charge is 2.78. The molecule has 3 aliphatic heterocycles. The number of ether oxygens (including phenoxy) is 3. The highest BCUT2D eigenvalue weighted by molar-refractivity contribution is 6.05.